The van der Waals surface area contributed by atoms with Gasteiger partial charge in [-0.1, -0.05) is 83.4 Å². The Morgan fingerprint density at radius 1 is 1.30 bits per heavy atom. The molecule has 20 heavy (non-hydrogen) atoms. The van der Waals surface area contributed by atoms with Crippen molar-refractivity contribution in [1.82, 2.24) is 5.32 Å². The van der Waals surface area contributed by atoms with Crippen molar-refractivity contribution >= 4 is 40.7 Å². The molecular formula is C15H16Cl3NO. The maximum Gasteiger partial charge on any atom is 0.273 e. The minimum absolute atomic E-state index is 0.669. The first kappa shape index (κ1) is 17.1. The van der Waals surface area contributed by atoms with E-state index in [-0.39, 0.29) is 0 Å². The summed E-state index contributed by atoms with van der Waals surface area (Å²) in [6, 6.07) is 9.47. The highest BCUT2D eigenvalue weighted by atomic mass is 35.6. The molecule has 5 heteroatoms. The van der Waals surface area contributed by atoms with E-state index in [1.165, 1.54) is 0 Å². The molecule has 2 nitrogen and oxygen atoms in total. The van der Waals surface area contributed by atoms with Crippen LogP contribution >= 0.6 is 34.8 Å². The lowest BCUT2D eigenvalue weighted by molar-refractivity contribution is -0.121. The number of carbonyl (C=O) groups is 1. The lowest BCUT2D eigenvalue weighted by Crippen LogP contribution is -2.47. The minimum atomic E-state index is -2.00. The number of allylic oxidation sites excluding steroid dienone is 2. The number of nitrogens with one attached hydrogen (secondary N) is 1. The Morgan fingerprint density at radius 3 is 2.40 bits per heavy atom. The second-order valence-electron chi connectivity index (χ2n) is 4.45. The lowest BCUT2D eigenvalue weighted by Gasteiger charge is -2.30. The van der Waals surface area contributed by atoms with Gasteiger partial charge in [-0.25, -0.2) is 0 Å². The van der Waals surface area contributed by atoms with Gasteiger partial charge in [0.15, 0.2) is 0 Å². The second-order valence-corrected chi connectivity index (χ2v) is 6.73. The third-order valence-electron chi connectivity index (χ3n) is 2.76. The van der Waals surface area contributed by atoms with Gasteiger partial charge in [-0.05, 0) is 18.9 Å². The van der Waals surface area contributed by atoms with E-state index in [9.17, 15) is 4.79 Å². The van der Waals surface area contributed by atoms with Crippen LogP contribution in [0.3, 0.4) is 0 Å². The van der Waals surface area contributed by atoms with Crippen LogP contribution in [-0.4, -0.2) is 9.70 Å². The van der Waals surface area contributed by atoms with Crippen molar-refractivity contribution in [3.63, 3.8) is 0 Å². The molecule has 0 heterocycles. The fraction of sp³-hybridized carbons (Fsp3) is 0.267. The fourth-order valence-electron chi connectivity index (χ4n) is 1.70. The lowest BCUT2D eigenvalue weighted by atomic mass is 9.91. The number of rotatable bonds is 5. The van der Waals surface area contributed by atoms with Gasteiger partial charge in [0, 0.05) is 0 Å². The van der Waals surface area contributed by atoms with Gasteiger partial charge < -0.3 is 5.32 Å². The zero-order valence-electron chi connectivity index (χ0n) is 11.1. The Bertz CT molecular complexity index is 494. The molecule has 1 atom stereocenters. The topological polar surface area (TPSA) is 29.1 Å². The van der Waals surface area contributed by atoms with Crippen LogP contribution in [0.4, 0.5) is 0 Å². The molecule has 1 amide bonds. The number of carbonyl (C=O) groups excluding carboxylic acids is 1. The molecule has 0 fully saturated rings. The molecule has 0 spiro atoms. The highest BCUT2D eigenvalue weighted by Crippen LogP contribution is 2.30. The van der Waals surface area contributed by atoms with E-state index in [1.54, 1.807) is 6.08 Å². The first-order valence-corrected chi connectivity index (χ1v) is 7.16. The number of halogens is 3. The molecule has 0 aliphatic rings. The summed E-state index contributed by atoms with van der Waals surface area (Å²) in [4.78, 5) is 11.9. The summed E-state index contributed by atoms with van der Waals surface area (Å²) in [5.41, 5.74) is 0.133. The SMILES string of the molecule is C=CC/C=C/[C@@](C)(NC(=O)C(Cl)(Cl)Cl)c1ccccc1. The van der Waals surface area contributed by atoms with Gasteiger partial charge >= 0.3 is 0 Å². The van der Waals surface area contributed by atoms with E-state index >= 15 is 0 Å². The quantitative estimate of drug-likeness (QED) is 0.623. The first-order valence-electron chi connectivity index (χ1n) is 6.03. The molecule has 0 saturated heterocycles. The van der Waals surface area contributed by atoms with E-state index < -0.39 is 15.2 Å². The Balaban J connectivity index is 3.08. The number of hydrogen-bond acceptors (Lipinski definition) is 1. The van der Waals surface area contributed by atoms with E-state index in [2.05, 4.69) is 11.9 Å². The molecule has 1 rings (SSSR count). The van der Waals surface area contributed by atoms with Crippen LogP contribution in [0.5, 0.6) is 0 Å². The van der Waals surface area contributed by atoms with Crippen molar-refractivity contribution in [2.75, 3.05) is 0 Å². The maximum absolute atomic E-state index is 11.9. The molecule has 0 aromatic heterocycles. The summed E-state index contributed by atoms with van der Waals surface area (Å²) in [5.74, 6) is -0.669. The predicted molar refractivity (Wildman–Crippen MR) is 86.2 cm³/mol. The van der Waals surface area contributed by atoms with E-state index in [0.717, 1.165) is 5.56 Å². The predicted octanol–water partition coefficient (Wildman–Crippen LogP) is 4.52. The van der Waals surface area contributed by atoms with Gasteiger partial charge in [-0.2, -0.15) is 0 Å². The average Bonchev–Trinajstić information content (AvgIpc) is 2.39. The fourth-order valence-corrected chi connectivity index (χ4v) is 1.84. The van der Waals surface area contributed by atoms with Crippen LogP contribution in [0.2, 0.25) is 0 Å². The van der Waals surface area contributed by atoms with Gasteiger partial charge in [0.25, 0.3) is 9.70 Å². The third-order valence-corrected chi connectivity index (χ3v) is 3.27. The number of benzene rings is 1. The van der Waals surface area contributed by atoms with E-state index in [0.29, 0.717) is 6.42 Å². The van der Waals surface area contributed by atoms with Gasteiger partial charge in [-0.15, -0.1) is 6.58 Å². The van der Waals surface area contributed by atoms with Crippen LogP contribution < -0.4 is 5.32 Å². The van der Waals surface area contributed by atoms with Gasteiger partial charge in [0.1, 0.15) is 0 Å². The molecular weight excluding hydrogens is 317 g/mol. The Kier molecular flexibility index (Phi) is 6.12. The van der Waals surface area contributed by atoms with Crippen LogP contribution in [0.25, 0.3) is 0 Å². The molecule has 1 aromatic rings. The molecule has 108 valence electrons. The Morgan fingerprint density at radius 2 is 1.90 bits per heavy atom. The zero-order valence-corrected chi connectivity index (χ0v) is 13.3. The maximum atomic E-state index is 11.9. The highest BCUT2D eigenvalue weighted by Gasteiger charge is 2.36. The normalized spacial score (nSPS) is 14.8. The molecule has 0 aliphatic heterocycles. The van der Waals surface area contributed by atoms with Crippen LogP contribution in [0, 0.1) is 0 Å². The highest BCUT2D eigenvalue weighted by molar-refractivity contribution is 6.76. The summed E-state index contributed by atoms with van der Waals surface area (Å²) < 4.78 is -2.00. The third kappa shape index (κ3) is 4.86. The van der Waals surface area contributed by atoms with Crippen molar-refractivity contribution in [2.45, 2.75) is 22.7 Å². The molecule has 0 bridgehead atoms. The van der Waals surface area contributed by atoms with E-state index in [1.807, 2.05) is 49.4 Å². The molecule has 0 aliphatic carbocycles. The zero-order chi connectivity index (χ0) is 15.2. The van der Waals surface area contributed by atoms with Crippen molar-refractivity contribution in [1.29, 1.82) is 0 Å². The van der Waals surface area contributed by atoms with Crippen molar-refractivity contribution in [3.8, 4) is 0 Å². The van der Waals surface area contributed by atoms with Crippen molar-refractivity contribution in [3.05, 3.63) is 60.7 Å². The molecule has 0 unspecified atom stereocenters. The Labute approximate surface area is 134 Å². The monoisotopic (exact) mass is 331 g/mol. The second kappa shape index (κ2) is 7.16. The summed E-state index contributed by atoms with van der Waals surface area (Å²) in [6.07, 6.45) is 6.21. The number of amides is 1. The van der Waals surface area contributed by atoms with Crippen LogP contribution in [0.1, 0.15) is 18.9 Å². The van der Waals surface area contributed by atoms with Gasteiger partial charge in [0.05, 0.1) is 5.54 Å². The van der Waals surface area contributed by atoms with E-state index in [4.69, 9.17) is 34.8 Å². The van der Waals surface area contributed by atoms with Gasteiger partial charge in [0.2, 0.25) is 0 Å². The summed E-state index contributed by atoms with van der Waals surface area (Å²) in [6.45, 7) is 5.49. The van der Waals surface area contributed by atoms with Crippen molar-refractivity contribution in [2.24, 2.45) is 0 Å². The average molecular weight is 333 g/mol. The largest absolute Gasteiger partial charge is 0.340 e. The minimum Gasteiger partial charge on any atom is -0.340 e. The van der Waals surface area contributed by atoms with Crippen molar-refractivity contribution < 1.29 is 4.79 Å². The molecule has 1 N–H and O–H groups in total. The summed E-state index contributed by atoms with van der Waals surface area (Å²) >= 11 is 16.9. The number of alkyl halides is 3. The van der Waals surface area contributed by atoms with Crippen LogP contribution in [0.15, 0.2) is 55.1 Å². The summed E-state index contributed by atoms with van der Waals surface area (Å²) in [5, 5.41) is 2.75. The standard InChI is InChI=1S/C15H16Cl3NO/c1-3-4-8-11-14(2,12-9-6-5-7-10-12)19-13(20)15(16,17)18/h3,5-11H,1,4H2,2H3,(H,19,20)/b11-8+/t14-/m1/s1. The smallest absolute Gasteiger partial charge is 0.273 e. The Hall–Kier alpha value is -0.960. The van der Waals surface area contributed by atoms with Gasteiger partial charge in [-0.3, -0.25) is 4.79 Å². The number of hydrogen-bond donors (Lipinski definition) is 1. The molecule has 0 radical (unpaired) electrons. The molecule has 0 saturated carbocycles. The van der Waals surface area contributed by atoms with Crippen LogP contribution in [-0.2, 0) is 10.3 Å². The summed E-state index contributed by atoms with van der Waals surface area (Å²) in [7, 11) is 0. The first-order chi connectivity index (χ1) is 9.29. The molecule has 1 aromatic carbocycles.